The third-order valence-electron chi connectivity index (χ3n) is 2.02. The van der Waals surface area contributed by atoms with Gasteiger partial charge in [0, 0.05) is 0 Å². The molecule has 0 radical (unpaired) electrons. The van der Waals surface area contributed by atoms with Crippen LogP contribution in [0.2, 0.25) is 0 Å². The van der Waals surface area contributed by atoms with Gasteiger partial charge in [-0.25, -0.2) is 0 Å². The summed E-state index contributed by atoms with van der Waals surface area (Å²) < 4.78 is 0. The van der Waals surface area contributed by atoms with Crippen molar-refractivity contribution in [3.63, 3.8) is 0 Å². The molecule has 12 heavy (non-hydrogen) atoms. The second-order valence-electron chi connectivity index (χ2n) is 2.68. The number of carbonyl (C=O) groups is 3. The molecule has 0 spiro atoms. The summed E-state index contributed by atoms with van der Waals surface area (Å²) in [6, 6.07) is 0. The van der Waals surface area contributed by atoms with Gasteiger partial charge in [0.1, 0.15) is 0 Å². The van der Waals surface area contributed by atoms with Crippen molar-refractivity contribution in [1.82, 2.24) is 0 Å². The molecule has 1 aliphatic rings. The summed E-state index contributed by atoms with van der Waals surface area (Å²) in [5.74, 6) is -5.82. The number of hydrogen-bond acceptors (Lipinski definition) is 3. The predicted octanol–water partition coefficient (Wildman–Crippen LogP) is -0.754. The Labute approximate surface area is 66.4 Å². The second-order valence-corrected chi connectivity index (χ2v) is 2.68. The fourth-order valence-electron chi connectivity index (χ4n) is 1.13. The Balaban J connectivity index is 2.90. The maximum absolute atomic E-state index is 10.4. The van der Waals surface area contributed by atoms with E-state index in [-0.39, 0.29) is 6.42 Å². The van der Waals surface area contributed by atoms with Crippen molar-refractivity contribution in [3.05, 3.63) is 0 Å². The molecule has 0 bridgehead atoms. The Kier molecular flexibility index (Phi) is 1.56. The Morgan fingerprint density at radius 3 is 1.58 bits per heavy atom. The lowest BCUT2D eigenvalue weighted by Gasteiger charge is -2.02. The average molecular weight is 174 g/mol. The molecule has 0 aliphatic heterocycles. The van der Waals surface area contributed by atoms with Gasteiger partial charge in [0.15, 0.2) is 5.41 Å². The van der Waals surface area contributed by atoms with Crippen LogP contribution in [-0.4, -0.2) is 33.2 Å². The first-order chi connectivity index (χ1) is 5.43. The Bertz CT molecular complexity index is 253. The van der Waals surface area contributed by atoms with Crippen LogP contribution >= 0.6 is 0 Å². The minimum Gasteiger partial charge on any atom is -0.481 e. The lowest BCUT2D eigenvalue weighted by molar-refractivity contribution is -0.160. The van der Waals surface area contributed by atoms with Gasteiger partial charge >= 0.3 is 17.9 Å². The van der Waals surface area contributed by atoms with E-state index < -0.39 is 29.2 Å². The smallest absolute Gasteiger partial charge is 0.321 e. The highest BCUT2D eigenvalue weighted by Gasteiger charge is 2.70. The molecule has 0 aromatic carbocycles. The Morgan fingerprint density at radius 2 is 1.50 bits per heavy atom. The topological polar surface area (TPSA) is 112 Å². The summed E-state index contributed by atoms with van der Waals surface area (Å²) in [6.07, 6.45) is -0.326. The van der Waals surface area contributed by atoms with Crippen molar-refractivity contribution in [2.24, 2.45) is 11.3 Å². The van der Waals surface area contributed by atoms with Crippen molar-refractivity contribution in [1.29, 1.82) is 0 Å². The zero-order valence-corrected chi connectivity index (χ0v) is 5.85. The first-order valence-corrected chi connectivity index (χ1v) is 3.12. The van der Waals surface area contributed by atoms with E-state index in [4.69, 9.17) is 15.3 Å². The molecule has 0 saturated heterocycles. The van der Waals surface area contributed by atoms with Gasteiger partial charge in [-0.1, -0.05) is 0 Å². The van der Waals surface area contributed by atoms with Gasteiger partial charge in [0.25, 0.3) is 0 Å². The van der Waals surface area contributed by atoms with Crippen LogP contribution in [0, 0.1) is 11.3 Å². The number of aliphatic carboxylic acids is 3. The minimum atomic E-state index is -2.08. The molecule has 6 heteroatoms. The van der Waals surface area contributed by atoms with E-state index in [1.54, 1.807) is 0 Å². The summed E-state index contributed by atoms with van der Waals surface area (Å²) in [6.45, 7) is 0. The zero-order chi connectivity index (χ0) is 9.52. The predicted molar refractivity (Wildman–Crippen MR) is 33.4 cm³/mol. The van der Waals surface area contributed by atoms with Crippen LogP contribution in [0.25, 0.3) is 0 Å². The molecule has 66 valence electrons. The fourth-order valence-corrected chi connectivity index (χ4v) is 1.13. The molecule has 3 N–H and O–H groups in total. The van der Waals surface area contributed by atoms with Gasteiger partial charge in [-0.3, -0.25) is 14.4 Å². The van der Waals surface area contributed by atoms with Crippen molar-refractivity contribution in [3.8, 4) is 0 Å². The van der Waals surface area contributed by atoms with Crippen LogP contribution in [0.4, 0.5) is 0 Å². The maximum atomic E-state index is 10.4. The van der Waals surface area contributed by atoms with Gasteiger partial charge in [-0.05, 0) is 6.42 Å². The summed E-state index contributed by atoms with van der Waals surface area (Å²) in [5.41, 5.74) is -2.08. The van der Waals surface area contributed by atoms with E-state index in [0.717, 1.165) is 0 Å². The molecule has 1 saturated carbocycles. The van der Waals surface area contributed by atoms with E-state index in [9.17, 15) is 14.4 Å². The van der Waals surface area contributed by atoms with Crippen molar-refractivity contribution in [2.75, 3.05) is 0 Å². The van der Waals surface area contributed by atoms with Gasteiger partial charge in [-0.2, -0.15) is 0 Å². The molecule has 1 aliphatic carbocycles. The lowest BCUT2D eigenvalue weighted by Crippen LogP contribution is -2.29. The van der Waals surface area contributed by atoms with E-state index >= 15 is 0 Å². The third kappa shape index (κ3) is 0.843. The molecule has 0 amide bonds. The number of rotatable bonds is 3. The normalized spacial score (nSPS) is 24.5. The quantitative estimate of drug-likeness (QED) is 0.485. The van der Waals surface area contributed by atoms with Crippen LogP contribution in [0.1, 0.15) is 6.42 Å². The Hall–Kier alpha value is -1.59. The highest BCUT2D eigenvalue weighted by Crippen LogP contribution is 2.53. The van der Waals surface area contributed by atoms with Crippen molar-refractivity contribution in [2.45, 2.75) is 6.42 Å². The van der Waals surface area contributed by atoms with E-state index in [0.29, 0.717) is 0 Å². The number of carboxylic acids is 3. The molecular formula is C6H6O6. The zero-order valence-electron chi connectivity index (χ0n) is 5.85. The molecule has 1 atom stereocenters. The van der Waals surface area contributed by atoms with E-state index in [2.05, 4.69) is 0 Å². The molecule has 6 nitrogen and oxygen atoms in total. The van der Waals surface area contributed by atoms with Crippen LogP contribution in [0.15, 0.2) is 0 Å². The van der Waals surface area contributed by atoms with Gasteiger partial charge in [0.05, 0.1) is 5.92 Å². The van der Waals surface area contributed by atoms with Crippen molar-refractivity contribution >= 4 is 17.9 Å². The first kappa shape index (κ1) is 8.51. The maximum Gasteiger partial charge on any atom is 0.321 e. The SMILES string of the molecule is O=C(O)[C@@H]1CC1(C(=O)O)C(=O)O. The van der Waals surface area contributed by atoms with Crippen LogP contribution < -0.4 is 0 Å². The molecule has 0 unspecified atom stereocenters. The second kappa shape index (κ2) is 2.20. The summed E-state index contributed by atoms with van der Waals surface area (Å²) in [4.78, 5) is 31.1. The molecular weight excluding hydrogens is 168 g/mol. The minimum absolute atomic E-state index is 0.326. The van der Waals surface area contributed by atoms with Crippen LogP contribution in [0.3, 0.4) is 0 Å². The molecule has 1 rings (SSSR count). The first-order valence-electron chi connectivity index (χ1n) is 3.12. The lowest BCUT2D eigenvalue weighted by atomic mass is 10.1. The number of carboxylic acid groups (broad SMARTS) is 3. The van der Waals surface area contributed by atoms with Crippen LogP contribution in [-0.2, 0) is 14.4 Å². The highest BCUT2D eigenvalue weighted by molar-refractivity contribution is 6.07. The molecule has 1 fully saturated rings. The molecule has 0 aromatic heterocycles. The monoisotopic (exact) mass is 174 g/mol. The van der Waals surface area contributed by atoms with Gasteiger partial charge in [-0.15, -0.1) is 0 Å². The molecule has 0 heterocycles. The summed E-state index contributed by atoms with van der Waals surface area (Å²) in [7, 11) is 0. The number of hydrogen-bond donors (Lipinski definition) is 3. The van der Waals surface area contributed by atoms with E-state index in [1.165, 1.54) is 0 Å². The van der Waals surface area contributed by atoms with Gasteiger partial charge < -0.3 is 15.3 Å². The average Bonchev–Trinajstić information content (AvgIpc) is 2.60. The van der Waals surface area contributed by atoms with Crippen molar-refractivity contribution < 1.29 is 29.7 Å². The summed E-state index contributed by atoms with van der Waals surface area (Å²) >= 11 is 0. The van der Waals surface area contributed by atoms with Gasteiger partial charge in [0.2, 0.25) is 0 Å². The fraction of sp³-hybridized carbons (Fsp3) is 0.500. The highest BCUT2D eigenvalue weighted by atomic mass is 16.4. The van der Waals surface area contributed by atoms with E-state index in [1.807, 2.05) is 0 Å². The standard InChI is InChI=1S/C6H6O6/c7-3(8)2-1-6(2,4(9)10)5(11)12/h2H,1H2,(H,7,8)(H,9,10)(H,11,12)/t2-/m0/s1. The van der Waals surface area contributed by atoms with Crippen LogP contribution in [0.5, 0.6) is 0 Å². The largest absolute Gasteiger partial charge is 0.481 e. The molecule has 0 aromatic rings. The Morgan fingerprint density at radius 1 is 1.08 bits per heavy atom. The summed E-state index contributed by atoms with van der Waals surface area (Å²) in [5, 5.41) is 25.3. The third-order valence-corrected chi connectivity index (χ3v) is 2.02.